The van der Waals surface area contributed by atoms with E-state index in [4.69, 9.17) is 10.5 Å². The molecule has 1 fully saturated rings. The number of ether oxygens (including phenoxy) is 1. The minimum Gasteiger partial charge on any atom is -0.381 e. The Balaban J connectivity index is 0.00000176. The lowest BCUT2D eigenvalue weighted by Crippen LogP contribution is -2.48. The first-order chi connectivity index (χ1) is 10.2. The fraction of sp³-hybridized carbons (Fsp3) is 0.588. The van der Waals surface area contributed by atoms with Crippen LogP contribution in [0, 0.1) is 11.8 Å². The van der Waals surface area contributed by atoms with Crippen LogP contribution in [0.4, 0.5) is 0 Å². The molecular weight excluding hydrogens is 300 g/mol. The van der Waals surface area contributed by atoms with E-state index in [2.05, 4.69) is 29.6 Å². The molecule has 2 aliphatic rings. The predicted octanol–water partition coefficient (Wildman–Crippen LogP) is 1.69. The Hall–Kier alpha value is -1.10. The number of rotatable bonds is 4. The van der Waals surface area contributed by atoms with E-state index in [0.29, 0.717) is 5.92 Å². The molecule has 3 N–H and O–H groups in total. The molecule has 3 rings (SSSR count). The summed E-state index contributed by atoms with van der Waals surface area (Å²) in [6.07, 6.45) is 3.90. The molecule has 4 nitrogen and oxygen atoms in total. The number of nitrogens with one attached hydrogen (secondary N) is 1. The molecule has 1 aromatic rings. The van der Waals surface area contributed by atoms with Gasteiger partial charge >= 0.3 is 0 Å². The fourth-order valence-electron chi connectivity index (χ4n) is 3.45. The molecule has 1 atom stereocenters. The van der Waals surface area contributed by atoms with Crippen molar-refractivity contribution < 1.29 is 9.53 Å². The van der Waals surface area contributed by atoms with Crippen LogP contribution in [0.25, 0.3) is 0 Å². The molecule has 122 valence electrons. The summed E-state index contributed by atoms with van der Waals surface area (Å²) in [6, 6.07) is 8.15. The van der Waals surface area contributed by atoms with Crippen LogP contribution < -0.4 is 11.1 Å². The van der Waals surface area contributed by atoms with Crippen molar-refractivity contribution in [2.45, 2.75) is 31.7 Å². The van der Waals surface area contributed by atoms with Crippen molar-refractivity contribution in [1.82, 2.24) is 5.32 Å². The third-order valence-electron chi connectivity index (χ3n) is 4.78. The van der Waals surface area contributed by atoms with Gasteiger partial charge in [0, 0.05) is 19.8 Å². The Bertz CT molecular complexity index is 478. The van der Waals surface area contributed by atoms with Crippen molar-refractivity contribution >= 4 is 18.3 Å². The highest BCUT2D eigenvalue weighted by Crippen LogP contribution is 2.26. The maximum absolute atomic E-state index is 12.2. The number of carbonyl (C=O) groups is 1. The minimum absolute atomic E-state index is 0. The molecule has 1 amide bonds. The van der Waals surface area contributed by atoms with Crippen molar-refractivity contribution in [2.75, 3.05) is 19.8 Å². The summed E-state index contributed by atoms with van der Waals surface area (Å²) in [4.78, 5) is 12.2. The number of carbonyl (C=O) groups excluding carboxylic acids is 1. The lowest BCUT2D eigenvalue weighted by molar-refractivity contribution is -0.124. The van der Waals surface area contributed by atoms with Crippen molar-refractivity contribution in [2.24, 2.45) is 17.6 Å². The van der Waals surface area contributed by atoms with E-state index >= 15 is 0 Å². The maximum atomic E-state index is 12.2. The van der Waals surface area contributed by atoms with Gasteiger partial charge < -0.3 is 15.8 Å². The second-order valence-corrected chi connectivity index (χ2v) is 6.26. The molecule has 1 aliphatic heterocycles. The lowest BCUT2D eigenvalue weighted by Gasteiger charge is -2.27. The summed E-state index contributed by atoms with van der Waals surface area (Å²) in [6.45, 7) is 2.18. The normalized spacial score (nSPS) is 20.0. The van der Waals surface area contributed by atoms with Crippen molar-refractivity contribution in [3.8, 4) is 0 Å². The fourth-order valence-corrected chi connectivity index (χ4v) is 3.45. The quantitative estimate of drug-likeness (QED) is 0.886. The third-order valence-corrected chi connectivity index (χ3v) is 4.78. The summed E-state index contributed by atoms with van der Waals surface area (Å²) in [7, 11) is 0. The summed E-state index contributed by atoms with van der Waals surface area (Å²) < 4.78 is 5.32. The van der Waals surface area contributed by atoms with Gasteiger partial charge in [0.15, 0.2) is 0 Å². The van der Waals surface area contributed by atoms with E-state index in [1.165, 1.54) is 11.1 Å². The number of nitrogens with two attached hydrogens (primary N) is 1. The molecule has 1 unspecified atom stereocenters. The van der Waals surface area contributed by atoms with E-state index in [1.807, 2.05) is 0 Å². The van der Waals surface area contributed by atoms with Crippen LogP contribution in [0.3, 0.4) is 0 Å². The molecule has 0 saturated carbocycles. The van der Waals surface area contributed by atoms with Gasteiger partial charge in [-0.2, -0.15) is 0 Å². The Morgan fingerprint density at radius 3 is 2.41 bits per heavy atom. The predicted molar refractivity (Wildman–Crippen MR) is 89.1 cm³/mol. The van der Waals surface area contributed by atoms with Crippen molar-refractivity contribution in [3.63, 3.8) is 0 Å². The molecule has 5 heteroatoms. The number of fused-ring (bicyclic) bond motifs is 1. The number of halogens is 1. The first-order valence-electron chi connectivity index (χ1n) is 7.92. The van der Waals surface area contributed by atoms with Crippen LogP contribution in [-0.4, -0.2) is 31.7 Å². The van der Waals surface area contributed by atoms with Gasteiger partial charge in [-0.25, -0.2) is 0 Å². The zero-order chi connectivity index (χ0) is 14.7. The smallest absolute Gasteiger partial charge is 0.237 e. The molecule has 1 saturated heterocycles. The molecule has 0 radical (unpaired) electrons. The SMILES string of the molecule is Cl.NC(C(=O)NCC1Cc2ccccc2C1)C1CCOCC1. The Morgan fingerprint density at radius 2 is 1.82 bits per heavy atom. The summed E-state index contributed by atoms with van der Waals surface area (Å²) in [5.41, 5.74) is 8.94. The Labute approximate surface area is 138 Å². The Morgan fingerprint density at radius 1 is 1.23 bits per heavy atom. The van der Waals surface area contributed by atoms with Crippen molar-refractivity contribution in [1.29, 1.82) is 0 Å². The number of benzene rings is 1. The topological polar surface area (TPSA) is 64.4 Å². The van der Waals surface area contributed by atoms with Crippen LogP contribution in [0.15, 0.2) is 24.3 Å². The second kappa shape index (κ2) is 7.95. The minimum atomic E-state index is -0.391. The zero-order valence-electron chi connectivity index (χ0n) is 12.8. The molecule has 1 aliphatic carbocycles. The van der Waals surface area contributed by atoms with Crippen LogP contribution in [0.1, 0.15) is 24.0 Å². The number of amides is 1. The number of hydrogen-bond donors (Lipinski definition) is 2. The average molecular weight is 325 g/mol. The summed E-state index contributed by atoms with van der Waals surface area (Å²) >= 11 is 0. The standard InChI is InChI=1S/C17H24N2O2.ClH/c18-16(13-5-7-21-8-6-13)17(20)19-11-12-9-14-3-1-2-4-15(14)10-12;/h1-4,12-13,16H,5-11,18H2,(H,19,20);1H. The lowest BCUT2D eigenvalue weighted by atomic mass is 9.91. The molecule has 22 heavy (non-hydrogen) atoms. The highest BCUT2D eigenvalue weighted by molar-refractivity contribution is 5.85. The van der Waals surface area contributed by atoms with Gasteiger partial charge in [0.2, 0.25) is 5.91 Å². The third kappa shape index (κ3) is 4.00. The van der Waals surface area contributed by atoms with Gasteiger partial charge in [0.05, 0.1) is 6.04 Å². The molecule has 0 bridgehead atoms. The first-order valence-corrected chi connectivity index (χ1v) is 7.92. The van der Waals surface area contributed by atoms with E-state index < -0.39 is 6.04 Å². The van der Waals surface area contributed by atoms with Gasteiger partial charge in [0.1, 0.15) is 0 Å². The summed E-state index contributed by atoms with van der Waals surface area (Å²) in [5, 5.41) is 3.05. The monoisotopic (exact) mass is 324 g/mol. The molecular formula is C17H25ClN2O2. The van der Waals surface area contributed by atoms with E-state index in [-0.39, 0.29) is 24.2 Å². The second-order valence-electron chi connectivity index (χ2n) is 6.26. The van der Waals surface area contributed by atoms with Gasteiger partial charge in [-0.15, -0.1) is 12.4 Å². The largest absolute Gasteiger partial charge is 0.381 e. The van der Waals surface area contributed by atoms with E-state index in [0.717, 1.165) is 45.4 Å². The molecule has 0 spiro atoms. The van der Waals surface area contributed by atoms with Gasteiger partial charge in [-0.3, -0.25) is 4.79 Å². The van der Waals surface area contributed by atoms with Crippen LogP contribution in [0.5, 0.6) is 0 Å². The summed E-state index contributed by atoms with van der Waals surface area (Å²) in [5.74, 6) is 0.769. The average Bonchev–Trinajstić information content (AvgIpc) is 2.95. The first kappa shape index (κ1) is 17.3. The van der Waals surface area contributed by atoms with Crippen molar-refractivity contribution in [3.05, 3.63) is 35.4 Å². The molecule has 1 heterocycles. The van der Waals surface area contributed by atoms with Gasteiger partial charge in [-0.05, 0) is 48.6 Å². The maximum Gasteiger partial charge on any atom is 0.237 e. The molecule has 0 aromatic heterocycles. The van der Waals surface area contributed by atoms with E-state index in [1.54, 1.807) is 0 Å². The Kier molecular flexibility index (Phi) is 6.24. The zero-order valence-corrected chi connectivity index (χ0v) is 13.6. The van der Waals surface area contributed by atoms with E-state index in [9.17, 15) is 4.79 Å². The highest BCUT2D eigenvalue weighted by Gasteiger charge is 2.27. The van der Waals surface area contributed by atoms with Gasteiger partial charge in [0.25, 0.3) is 0 Å². The van der Waals surface area contributed by atoms with Crippen LogP contribution >= 0.6 is 12.4 Å². The molecule has 1 aromatic carbocycles. The number of hydrogen-bond acceptors (Lipinski definition) is 3. The highest BCUT2D eigenvalue weighted by atomic mass is 35.5. The van der Waals surface area contributed by atoms with Crippen LogP contribution in [0.2, 0.25) is 0 Å². The van der Waals surface area contributed by atoms with Gasteiger partial charge in [-0.1, -0.05) is 24.3 Å². The van der Waals surface area contributed by atoms with Crippen LogP contribution in [-0.2, 0) is 22.4 Å².